The van der Waals surface area contributed by atoms with Crippen LogP contribution < -0.4 is 10.1 Å². The Labute approximate surface area is 160 Å². The molecule has 1 fully saturated rings. The summed E-state index contributed by atoms with van der Waals surface area (Å²) >= 11 is 0. The Balaban J connectivity index is 1.44. The summed E-state index contributed by atoms with van der Waals surface area (Å²) in [5.41, 5.74) is 1.69. The molecule has 3 rings (SSSR count). The summed E-state index contributed by atoms with van der Waals surface area (Å²) in [6, 6.07) is 9.54. The second kappa shape index (κ2) is 9.53. The summed E-state index contributed by atoms with van der Waals surface area (Å²) in [7, 11) is 0. The third kappa shape index (κ3) is 5.80. The van der Waals surface area contributed by atoms with Gasteiger partial charge in [-0.25, -0.2) is 0 Å². The van der Waals surface area contributed by atoms with E-state index in [1.165, 1.54) is 0 Å². The lowest BCUT2D eigenvalue weighted by Crippen LogP contribution is -2.48. The monoisotopic (exact) mass is 372 g/mol. The molecule has 1 aromatic heterocycles. The minimum absolute atomic E-state index is 0.0110. The number of benzene rings is 1. The van der Waals surface area contributed by atoms with Crippen LogP contribution in [0, 0.1) is 6.92 Å². The van der Waals surface area contributed by atoms with Crippen LogP contribution in [-0.2, 0) is 11.3 Å². The number of amides is 1. The zero-order chi connectivity index (χ0) is 19.1. The normalized spacial score (nSPS) is 15.6. The van der Waals surface area contributed by atoms with Gasteiger partial charge in [0, 0.05) is 38.8 Å². The molecule has 0 unspecified atom stereocenters. The maximum atomic E-state index is 12.4. The van der Waals surface area contributed by atoms with E-state index >= 15 is 0 Å². The van der Waals surface area contributed by atoms with Gasteiger partial charge in [0.15, 0.2) is 0 Å². The van der Waals surface area contributed by atoms with E-state index in [1.54, 1.807) is 0 Å². The first-order valence-electron chi connectivity index (χ1n) is 9.52. The molecule has 2 heterocycles. The Hall–Kier alpha value is -2.38. The molecule has 1 aromatic carbocycles. The average Bonchev–Trinajstić information content (AvgIpc) is 3.07. The molecule has 0 spiro atoms. The molecular formula is C20H28N4O3. The van der Waals surface area contributed by atoms with Crippen molar-refractivity contribution in [2.45, 2.75) is 26.8 Å². The summed E-state index contributed by atoms with van der Waals surface area (Å²) in [6.45, 7) is 9.32. The van der Waals surface area contributed by atoms with Crippen LogP contribution in [0.25, 0.3) is 0 Å². The number of aryl methyl sites for hydroxylation is 1. The highest BCUT2D eigenvalue weighted by Gasteiger charge is 2.20. The highest BCUT2D eigenvalue weighted by atomic mass is 16.5. The second-order valence-electron chi connectivity index (χ2n) is 6.87. The van der Waals surface area contributed by atoms with Crippen molar-refractivity contribution in [2.75, 3.05) is 44.6 Å². The highest BCUT2D eigenvalue weighted by molar-refractivity contribution is 5.93. The Morgan fingerprint density at radius 2 is 1.96 bits per heavy atom. The molecule has 7 nitrogen and oxygen atoms in total. The van der Waals surface area contributed by atoms with Crippen LogP contribution in [-0.4, -0.2) is 60.2 Å². The first kappa shape index (κ1) is 19.4. The number of piperazine rings is 1. The van der Waals surface area contributed by atoms with Gasteiger partial charge < -0.3 is 14.6 Å². The Bertz CT molecular complexity index is 738. The molecule has 1 amide bonds. The van der Waals surface area contributed by atoms with E-state index in [0.717, 1.165) is 62.0 Å². The zero-order valence-corrected chi connectivity index (χ0v) is 16.1. The van der Waals surface area contributed by atoms with Crippen LogP contribution in [0.2, 0.25) is 0 Å². The minimum atomic E-state index is -0.0110. The first-order valence-corrected chi connectivity index (χ1v) is 9.52. The van der Waals surface area contributed by atoms with Gasteiger partial charge in [0.1, 0.15) is 11.5 Å². The topological polar surface area (TPSA) is 70.8 Å². The van der Waals surface area contributed by atoms with Crippen LogP contribution >= 0.6 is 0 Å². The fourth-order valence-electron chi connectivity index (χ4n) is 3.13. The fraction of sp³-hybridized carbons (Fsp3) is 0.500. The standard InChI is InChI=1S/C20H28N4O3/c1-3-12-26-19-7-5-4-6-18(19)21-20(25)15-24-10-8-23(9-11-24)14-17-13-16(2)27-22-17/h4-7,13H,3,8-12,14-15H2,1-2H3,(H,21,25). The van der Waals surface area contributed by atoms with Gasteiger partial charge in [0.25, 0.3) is 0 Å². The van der Waals surface area contributed by atoms with Gasteiger partial charge in [-0.05, 0) is 25.5 Å². The number of aromatic nitrogens is 1. The van der Waals surface area contributed by atoms with Crippen LogP contribution in [0.1, 0.15) is 24.8 Å². The number of para-hydroxylation sites is 2. The van der Waals surface area contributed by atoms with Crippen molar-refractivity contribution < 1.29 is 14.1 Å². The minimum Gasteiger partial charge on any atom is -0.491 e. The molecule has 0 atom stereocenters. The zero-order valence-electron chi connectivity index (χ0n) is 16.1. The van der Waals surface area contributed by atoms with E-state index in [0.29, 0.717) is 13.2 Å². The number of ether oxygens (including phenoxy) is 1. The summed E-state index contributed by atoms with van der Waals surface area (Å²) < 4.78 is 10.8. The third-order valence-corrected chi connectivity index (χ3v) is 4.52. The molecule has 1 N–H and O–H groups in total. The molecule has 0 radical (unpaired) electrons. The van der Waals surface area contributed by atoms with Gasteiger partial charge in [0.2, 0.25) is 5.91 Å². The highest BCUT2D eigenvalue weighted by Crippen LogP contribution is 2.23. The number of carbonyl (C=O) groups is 1. The van der Waals surface area contributed by atoms with Crippen LogP contribution in [0.5, 0.6) is 5.75 Å². The summed E-state index contributed by atoms with van der Waals surface area (Å²) in [4.78, 5) is 16.9. The first-order chi connectivity index (χ1) is 13.1. The van der Waals surface area contributed by atoms with E-state index in [9.17, 15) is 4.79 Å². The van der Waals surface area contributed by atoms with Crippen molar-refractivity contribution in [2.24, 2.45) is 0 Å². The van der Waals surface area contributed by atoms with E-state index in [1.807, 2.05) is 37.3 Å². The third-order valence-electron chi connectivity index (χ3n) is 4.52. The van der Waals surface area contributed by atoms with Crippen molar-refractivity contribution in [3.63, 3.8) is 0 Å². The number of rotatable bonds is 8. The average molecular weight is 372 g/mol. The molecule has 27 heavy (non-hydrogen) atoms. The molecule has 2 aromatic rings. The number of hydrogen-bond donors (Lipinski definition) is 1. The molecule has 0 bridgehead atoms. The van der Waals surface area contributed by atoms with Gasteiger partial charge >= 0.3 is 0 Å². The summed E-state index contributed by atoms with van der Waals surface area (Å²) in [5, 5.41) is 7.03. The lowest BCUT2D eigenvalue weighted by molar-refractivity contribution is -0.117. The summed E-state index contributed by atoms with van der Waals surface area (Å²) in [6.07, 6.45) is 0.931. The lowest BCUT2D eigenvalue weighted by Gasteiger charge is -2.33. The van der Waals surface area contributed by atoms with Crippen LogP contribution in [0.4, 0.5) is 5.69 Å². The second-order valence-corrected chi connectivity index (χ2v) is 6.87. The molecule has 1 saturated heterocycles. The quantitative estimate of drug-likeness (QED) is 0.768. The van der Waals surface area contributed by atoms with Gasteiger partial charge in [-0.15, -0.1) is 0 Å². The molecule has 0 saturated carbocycles. The largest absolute Gasteiger partial charge is 0.491 e. The maximum Gasteiger partial charge on any atom is 0.238 e. The Morgan fingerprint density at radius 1 is 1.22 bits per heavy atom. The van der Waals surface area contributed by atoms with E-state index in [4.69, 9.17) is 9.26 Å². The maximum absolute atomic E-state index is 12.4. The van der Waals surface area contributed by atoms with Crippen molar-refractivity contribution in [1.82, 2.24) is 15.0 Å². The van der Waals surface area contributed by atoms with Crippen molar-refractivity contribution in [3.8, 4) is 5.75 Å². The Morgan fingerprint density at radius 3 is 2.67 bits per heavy atom. The molecule has 7 heteroatoms. The van der Waals surface area contributed by atoms with Gasteiger partial charge in [-0.1, -0.05) is 24.2 Å². The van der Waals surface area contributed by atoms with Crippen molar-refractivity contribution in [3.05, 3.63) is 41.8 Å². The lowest BCUT2D eigenvalue weighted by atomic mass is 10.2. The van der Waals surface area contributed by atoms with Gasteiger partial charge in [-0.2, -0.15) is 0 Å². The van der Waals surface area contributed by atoms with E-state index < -0.39 is 0 Å². The SMILES string of the molecule is CCCOc1ccccc1NC(=O)CN1CCN(Cc2cc(C)on2)CC1. The molecule has 1 aliphatic heterocycles. The molecule has 0 aliphatic carbocycles. The predicted octanol–water partition coefficient (Wildman–Crippen LogP) is 2.53. The fourth-order valence-corrected chi connectivity index (χ4v) is 3.13. The van der Waals surface area contributed by atoms with E-state index in [2.05, 4.69) is 27.2 Å². The molecule has 146 valence electrons. The van der Waals surface area contributed by atoms with E-state index in [-0.39, 0.29) is 5.91 Å². The Kier molecular flexibility index (Phi) is 6.84. The van der Waals surface area contributed by atoms with Gasteiger partial charge in [0.05, 0.1) is 24.5 Å². The van der Waals surface area contributed by atoms with Crippen molar-refractivity contribution in [1.29, 1.82) is 0 Å². The number of carbonyl (C=O) groups excluding carboxylic acids is 1. The number of anilines is 1. The van der Waals surface area contributed by atoms with Crippen LogP contribution in [0.3, 0.4) is 0 Å². The van der Waals surface area contributed by atoms with Crippen LogP contribution in [0.15, 0.2) is 34.9 Å². The summed E-state index contributed by atoms with van der Waals surface area (Å²) in [5.74, 6) is 1.55. The smallest absolute Gasteiger partial charge is 0.238 e. The molecular weight excluding hydrogens is 344 g/mol. The number of hydrogen-bond acceptors (Lipinski definition) is 6. The number of nitrogens with one attached hydrogen (secondary N) is 1. The van der Waals surface area contributed by atoms with Gasteiger partial charge in [-0.3, -0.25) is 14.6 Å². The van der Waals surface area contributed by atoms with Crippen molar-refractivity contribution >= 4 is 11.6 Å². The predicted molar refractivity (Wildman–Crippen MR) is 104 cm³/mol. The molecule has 1 aliphatic rings. The number of nitrogens with zero attached hydrogens (tertiary/aromatic N) is 3.